The maximum Gasteiger partial charge on any atom is -0.00139 e. The van der Waals surface area contributed by atoms with Gasteiger partial charge in [-0.1, -0.05) is 27.7 Å². The van der Waals surface area contributed by atoms with Crippen LogP contribution in [0, 0.1) is 11.3 Å². The summed E-state index contributed by atoms with van der Waals surface area (Å²) in [5, 5.41) is 0. The third-order valence-electron chi connectivity index (χ3n) is 2.68. The molecule has 0 aromatic heterocycles. The molecular formula is C9H20S. The van der Waals surface area contributed by atoms with E-state index < -0.39 is 0 Å². The Hall–Kier alpha value is 0.350. The summed E-state index contributed by atoms with van der Waals surface area (Å²) in [5.41, 5.74) is 0.555. The molecule has 0 rings (SSSR count). The van der Waals surface area contributed by atoms with Gasteiger partial charge in [-0.2, -0.15) is 11.8 Å². The van der Waals surface area contributed by atoms with Crippen molar-refractivity contribution in [3.8, 4) is 0 Å². The van der Waals surface area contributed by atoms with Gasteiger partial charge in [0.25, 0.3) is 0 Å². The average Bonchev–Trinajstić information content (AvgIpc) is 1.88. The third-order valence-corrected chi connectivity index (χ3v) is 3.62. The highest BCUT2D eigenvalue weighted by Gasteiger charge is 2.24. The van der Waals surface area contributed by atoms with Crippen molar-refractivity contribution >= 4 is 11.8 Å². The topological polar surface area (TPSA) is 0 Å². The predicted octanol–water partition coefficient (Wildman–Crippen LogP) is 3.42. The van der Waals surface area contributed by atoms with Crippen molar-refractivity contribution in [2.75, 3.05) is 12.0 Å². The van der Waals surface area contributed by atoms with Crippen molar-refractivity contribution in [2.24, 2.45) is 11.3 Å². The largest absolute Gasteiger partial charge is 0.165 e. The summed E-state index contributed by atoms with van der Waals surface area (Å²) in [6.07, 6.45) is 3.49. The van der Waals surface area contributed by atoms with E-state index >= 15 is 0 Å². The SMILES string of the molecule is CCC(C)(CSC)C(C)C. The molecular weight excluding hydrogens is 140 g/mol. The van der Waals surface area contributed by atoms with Crippen LogP contribution in [0.15, 0.2) is 0 Å². The molecule has 0 aliphatic heterocycles. The van der Waals surface area contributed by atoms with Gasteiger partial charge in [0.1, 0.15) is 0 Å². The molecule has 1 atom stereocenters. The number of hydrogen-bond donors (Lipinski definition) is 0. The van der Waals surface area contributed by atoms with Crippen LogP contribution >= 0.6 is 11.8 Å². The molecule has 0 spiro atoms. The fourth-order valence-electron chi connectivity index (χ4n) is 1.01. The van der Waals surface area contributed by atoms with Crippen LogP contribution in [0.2, 0.25) is 0 Å². The van der Waals surface area contributed by atoms with Gasteiger partial charge in [0, 0.05) is 0 Å². The van der Waals surface area contributed by atoms with E-state index in [9.17, 15) is 0 Å². The fraction of sp³-hybridized carbons (Fsp3) is 1.00. The highest BCUT2D eigenvalue weighted by atomic mass is 32.2. The molecule has 0 fully saturated rings. The van der Waals surface area contributed by atoms with Gasteiger partial charge in [0.2, 0.25) is 0 Å². The minimum Gasteiger partial charge on any atom is -0.165 e. The Bertz CT molecular complexity index is 88.7. The molecule has 0 saturated heterocycles. The first-order valence-electron chi connectivity index (χ1n) is 4.05. The van der Waals surface area contributed by atoms with E-state index in [1.165, 1.54) is 12.2 Å². The second kappa shape index (κ2) is 4.27. The lowest BCUT2D eigenvalue weighted by Crippen LogP contribution is -2.25. The summed E-state index contributed by atoms with van der Waals surface area (Å²) < 4.78 is 0. The Kier molecular flexibility index (Phi) is 4.42. The predicted molar refractivity (Wildman–Crippen MR) is 51.6 cm³/mol. The smallest absolute Gasteiger partial charge is 0.00139 e. The minimum atomic E-state index is 0.555. The standard InChI is InChI=1S/C9H20S/c1-6-9(4,7-10-5)8(2)3/h8H,6-7H2,1-5H3. The van der Waals surface area contributed by atoms with E-state index in [4.69, 9.17) is 0 Å². The Morgan fingerprint density at radius 3 is 2.00 bits per heavy atom. The molecule has 1 unspecified atom stereocenters. The van der Waals surface area contributed by atoms with Gasteiger partial charge in [-0.3, -0.25) is 0 Å². The van der Waals surface area contributed by atoms with E-state index in [1.54, 1.807) is 0 Å². The van der Waals surface area contributed by atoms with Gasteiger partial charge in [-0.05, 0) is 29.8 Å². The highest BCUT2D eigenvalue weighted by molar-refractivity contribution is 7.98. The van der Waals surface area contributed by atoms with Crippen molar-refractivity contribution in [1.82, 2.24) is 0 Å². The van der Waals surface area contributed by atoms with Crippen LogP contribution in [-0.2, 0) is 0 Å². The van der Waals surface area contributed by atoms with E-state index in [0.717, 1.165) is 5.92 Å². The van der Waals surface area contributed by atoms with Crippen molar-refractivity contribution < 1.29 is 0 Å². The molecule has 1 heteroatoms. The van der Waals surface area contributed by atoms with Crippen LogP contribution in [0.1, 0.15) is 34.1 Å². The highest BCUT2D eigenvalue weighted by Crippen LogP contribution is 2.33. The maximum atomic E-state index is 2.38. The van der Waals surface area contributed by atoms with Crippen molar-refractivity contribution in [3.05, 3.63) is 0 Å². The molecule has 0 amide bonds. The first-order valence-corrected chi connectivity index (χ1v) is 5.45. The Balaban J connectivity index is 3.94. The molecule has 10 heavy (non-hydrogen) atoms. The number of hydrogen-bond acceptors (Lipinski definition) is 1. The normalized spacial score (nSPS) is 17.4. The number of thioether (sulfide) groups is 1. The van der Waals surface area contributed by atoms with Crippen molar-refractivity contribution in [2.45, 2.75) is 34.1 Å². The van der Waals surface area contributed by atoms with Crippen LogP contribution < -0.4 is 0 Å². The molecule has 0 aromatic carbocycles. The van der Waals surface area contributed by atoms with Crippen LogP contribution in [-0.4, -0.2) is 12.0 Å². The summed E-state index contributed by atoms with van der Waals surface area (Å²) in [6.45, 7) is 9.31. The van der Waals surface area contributed by atoms with Crippen molar-refractivity contribution in [1.29, 1.82) is 0 Å². The zero-order chi connectivity index (χ0) is 8.20. The first-order chi connectivity index (χ1) is 4.56. The van der Waals surface area contributed by atoms with Gasteiger partial charge < -0.3 is 0 Å². The zero-order valence-electron chi connectivity index (χ0n) is 7.90. The van der Waals surface area contributed by atoms with E-state index in [0.29, 0.717) is 5.41 Å². The molecule has 0 aliphatic carbocycles. The lowest BCUT2D eigenvalue weighted by atomic mass is 9.79. The van der Waals surface area contributed by atoms with Crippen molar-refractivity contribution in [3.63, 3.8) is 0 Å². The van der Waals surface area contributed by atoms with E-state index in [-0.39, 0.29) is 0 Å². The molecule has 0 heterocycles. The minimum absolute atomic E-state index is 0.555. The molecule has 0 N–H and O–H groups in total. The van der Waals surface area contributed by atoms with Crippen LogP contribution in [0.4, 0.5) is 0 Å². The van der Waals surface area contributed by atoms with E-state index in [1.807, 2.05) is 11.8 Å². The van der Waals surface area contributed by atoms with Crippen LogP contribution in [0.25, 0.3) is 0 Å². The zero-order valence-corrected chi connectivity index (χ0v) is 8.72. The maximum absolute atomic E-state index is 2.38. The molecule has 62 valence electrons. The van der Waals surface area contributed by atoms with Gasteiger partial charge in [-0.15, -0.1) is 0 Å². The fourth-order valence-corrected chi connectivity index (χ4v) is 2.20. The quantitative estimate of drug-likeness (QED) is 0.607. The Morgan fingerprint density at radius 1 is 1.40 bits per heavy atom. The number of rotatable bonds is 4. The van der Waals surface area contributed by atoms with Gasteiger partial charge in [-0.25, -0.2) is 0 Å². The summed E-state index contributed by atoms with van der Waals surface area (Å²) in [4.78, 5) is 0. The molecule has 0 radical (unpaired) electrons. The first kappa shape index (κ1) is 10.3. The summed E-state index contributed by atoms with van der Waals surface area (Å²) >= 11 is 1.96. The molecule has 0 aliphatic rings. The Morgan fingerprint density at radius 2 is 1.90 bits per heavy atom. The van der Waals surface area contributed by atoms with Crippen LogP contribution in [0.3, 0.4) is 0 Å². The second-order valence-corrected chi connectivity index (χ2v) is 4.46. The second-order valence-electron chi connectivity index (χ2n) is 3.60. The van der Waals surface area contributed by atoms with Gasteiger partial charge >= 0.3 is 0 Å². The third kappa shape index (κ3) is 2.53. The lowest BCUT2D eigenvalue weighted by Gasteiger charge is -2.31. The monoisotopic (exact) mass is 160 g/mol. The summed E-state index contributed by atoms with van der Waals surface area (Å²) in [7, 11) is 0. The van der Waals surface area contributed by atoms with Gasteiger partial charge in [0.05, 0.1) is 0 Å². The summed E-state index contributed by atoms with van der Waals surface area (Å²) in [6, 6.07) is 0. The Labute approximate surface area is 69.8 Å². The van der Waals surface area contributed by atoms with E-state index in [2.05, 4.69) is 34.0 Å². The molecule has 0 nitrogen and oxygen atoms in total. The lowest BCUT2D eigenvalue weighted by molar-refractivity contribution is 0.248. The van der Waals surface area contributed by atoms with Gasteiger partial charge in [0.15, 0.2) is 0 Å². The average molecular weight is 160 g/mol. The molecule has 0 saturated carbocycles. The van der Waals surface area contributed by atoms with Crippen LogP contribution in [0.5, 0.6) is 0 Å². The molecule has 0 aromatic rings. The molecule has 0 bridgehead atoms. The summed E-state index contributed by atoms with van der Waals surface area (Å²) in [5.74, 6) is 2.10.